The zero-order valence-electron chi connectivity index (χ0n) is 14.6. The Labute approximate surface area is 169 Å². The number of carbonyl (C=O) groups is 1. The zero-order chi connectivity index (χ0) is 17.4. The van der Waals surface area contributed by atoms with Gasteiger partial charge in [0.1, 0.15) is 0 Å². The van der Waals surface area contributed by atoms with Crippen molar-refractivity contribution < 1.29 is 4.79 Å². The number of aliphatic imine (C=N–C) groups is 1. The molecule has 6 nitrogen and oxygen atoms in total. The summed E-state index contributed by atoms with van der Waals surface area (Å²) in [6.45, 7) is 3.43. The van der Waals surface area contributed by atoms with Crippen molar-refractivity contribution in [3.63, 3.8) is 0 Å². The molecule has 136 valence electrons. The third-order valence-corrected chi connectivity index (χ3v) is 4.29. The molecule has 2 aromatic rings. The van der Waals surface area contributed by atoms with Crippen molar-refractivity contribution in [2.24, 2.45) is 4.99 Å². The molecule has 0 saturated heterocycles. The molecule has 25 heavy (non-hydrogen) atoms. The molecule has 0 spiro atoms. The van der Waals surface area contributed by atoms with Crippen LogP contribution in [0, 0.1) is 6.92 Å². The lowest BCUT2D eigenvalue weighted by Gasteiger charge is -2.11. The van der Waals surface area contributed by atoms with Gasteiger partial charge in [-0.05, 0) is 24.6 Å². The average molecular weight is 473 g/mol. The first kappa shape index (κ1) is 21.4. The van der Waals surface area contributed by atoms with Crippen molar-refractivity contribution in [2.75, 3.05) is 20.6 Å². The van der Waals surface area contributed by atoms with E-state index in [1.807, 2.05) is 31.2 Å². The molecule has 8 heteroatoms. The molecule has 0 atom stereocenters. The summed E-state index contributed by atoms with van der Waals surface area (Å²) in [6, 6.07) is 7.50. The Balaban J connectivity index is 0.00000312. The number of hydrogen-bond donors (Lipinski definition) is 3. The number of amides is 1. The van der Waals surface area contributed by atoms with E-state index in [2.05, 4.69) is 31.3 Å². The fraction of sp³-hybridized carbons (Fsp3) is 0.353. The molecule has 3 N–H and O–H groups in total. The Morgan fingerprint density at radius 1 is 1.24 bits per heavy atom. The molecule has 1 aromatic carbocycles. The summed E-state index contributed by atoms with van der Waals surface area (Å²) in [7, 11) is 3.37. The Morgan fingerprint density at radius 2 is 1.96 bits per heavy atom. The van der Waals surface area contributed by atoms with Crippen LogP contribution in [0.2, 0.25) is 0 Å². The highest BCUT2D eigenvalue weighted by atomic mass is 127. The van der Waals surface area contributed by atoms with E-state index in [0.29, 0.717) is 12.1 Å². The Bertz CT molecular complexity index is 699. The van der Waals surface area contributed by atoms with Gasteiger partial charge in [-0.15, -0.1) is 35.3 Å². The van der Waals surface area contributed by atoms with Crippen molar-refractivity contribution >= 4 is 47.2 Å². The predicted octanol–water partition coefficient (Wildman–Crippen LogP) is 2.34. The topological polar surface area (TPSA) is 78.4 Å². The van der Waals surface area contributed by atoms with Crippen LogP contribution >= 0.6 is 35.3 Å². The van der Waals surface area contributed by atoms with Crippen LogP contribution in [0.3, 0.4) is 0 Å². The third kappa shape index (κ3) is 6.99. The normalized spacial score (nSPS) is 10.8. The molecule has 1 aromatic heterocycles. The Hall–Kier alpha value is -1.68. The number of nitrogens with zero attached hydrogens (tertiary/aromatic N) is 2. The first-order chi connectivity index (χ1) is 11.6. The summed E-state index contributed by atoms with van der Waals surface area (Å²) < 4.78 is 0. The summed E-state index contributed by atoms with van der Waals surface area (Å²) >= 11 is 1.67. The van der Waals surface area contributed by atoms with Crippen LogP contribution in [-0.4, -0.2) is 37.5 Å². The van der Waals surface area contributed by atoms with Crippen LogP contribution in [0.1, 0.15) is 26.6 Å². The smallest absolute Gasteiger partial charge is 0.251 e. The maximum absolute atomic E-state index is 11.5. The Kier molecular flexibility index (Phi) is 9.43. The molecule has 1 heterocycles. The van der Waals surface area contributed by atoms with Gasteiger partial charge in [-0.25, -0.2) is 4.98 Å². The summed E-state index contributed by atoms with van der Waals surface area (Å²) in [5.41, 5.74) is 2.84. The SMILES string of the molecule is CN=C(NCCc1csc(C)n1)NCc1ccc(C(=O)NC)cc1.I. The molecule has 2 rings (SSSR count). The lowest BCUT2D eigenvalue weighted by atomic mass is 10.1. The predicted molar refractivity (Wildman–Crippen MR) is 114 cm³/mol. The molecular formula is C17H24IN5OS. The van der Waals surface area contributed by atoms with Gasteiger partial charge >= 0.3 is 0 Å². The standard InChI is InChI=1S/C17H23N5OS.HI/c1-12-22-15(11-24-12)8-9-20-17(19-3)21-10-13-4-6-14(7-5-13)16(23)18-2;/h4-7,11H,8-10H2,1-3H3,(H,18,23)(H2,19,20,21);1H. The van der Waals surface area contributed by atoms with E-state index in [-0.39, 0.29) is 29.9 Å². The molecule has 0 aliphatic carbocycles. The maximum Gasteiger partial charge on any atom is 0.251 e. The minimum atomic E-state index is -0.0794. The van der Waals surface area contributed by atoms with Crippen LogP contribution in [0.5, 0.6) is 0 Å². The molecule has 0 bridgehead atoms. The highest BCUT2D eigenvalue weighted by molar-refractivity contribution is 14.0. The zero-order valence-corrected chi connectivity index (χ0v) is 17.8. The van der Waals surface area contributed by atoms with E-state index in [1.54, 1.807) is 25.4 Å². The van der Waals surface area contributed by atoms with Crippen molar-refractivity contribution in [1.29, 1.82) is 0 Å². The van der Waals surface area contributed by atoms with Gasteiger partial charge < -0.3 is 16.0 Å². The van der Waals surface area contributed by atoms with Crippen molar-refractivity contribution in [3.05, 3.63) is 51.5 Å². The number of guanidine groups is 1. The first-order valence-corrected chi connectivity index (χ1v) is 8.67. The van der Waals surface area contributed by atoms with Crippen LogP contribution < -0.4 is 16.0 Å². The summed E-state index contributed by atoms with van der Waals surface area (Å²) in [6.07, 6.45) is 0.867. The molecule has 0 saturated carbocycles. The summed E-state index contributed by atoms with van der Waals surface area (Å²) in [5.74, 6) is 0.668. The van der Waals surface area contributed by atoms with E-state index < -0.39 is 0 Å². The highest BCUT2D eigenvalue weighted by Crippen LogP contribution is 2.07. The number of thiazole rings is 1. The molecule has 0 radical (unpaired) electrons. The number of hydrogen-bond acceptors (Lipinski definition) is 4. The van der Waals surface area contributed by atoms with Gasteiger partial charge in [-0.1, -0.05) is 12.1 Å². The lowest BCUT2D eigenvalue weighted by Crippen LogP contribution is -2.37. The quantitative estimate of drug-likeness (QED) is 0.342. The number of aromatic nitrogens is 1. The van der Waals surface area contributed by atoms with Gasteiger partial charge in [0.25, 0.3) is 5.91 Å². The Morgan fingerprint density at radius 3 is 2.52 bits per heavy atom. The molecular weight excluding hydrogens is 449 g/mol. The maximum atomic E-state index is 11.5. The van der Waals surface area contributed by atoms with E-state index in [4.69, 9.17) is 0 Å². The number of aryl methyl sites for hydroxylation is 1. The number of rotatable bonds is 6. The van der Waals surface area contributed by atoms with Gasteiger partial charge in [0.2, 0.25) is 0 Å². The second-order valence-electron chi connectivity index (χ2n) is 5.24. The number of nitrogens with one attached hydrogen (secondary N) is 3. The van der Waals surface area contributed by atoms with Crippen molar-refractivity contribution in [2.45, 2.75) is 19.9 Å². The summed E-state index contributed by atoms with van der Waals surface area (Å²) in [5, 5.41) is 12.3. The minimum absolute atomic E-state index is 0. The van der Waals surface area contributed by atoms with Gasteiger partial charge in [0, 0.05) is 44.5 Å². The largest absolute Gasteiger partial charge is 0.356 e. The number of halogens is 1. The van der Waals surface area contributed by atoms with E-state index in [9.17, 15) is 4.79 Å². The number of benzene rings is 1. The van der Waals surface area contributed by atoms with Gasteiger partial charge in [0.05, 0.1) is 10.7 Å². The van der Waals surface area contributed by atoms with Crippen LogP contribution in [0.15, 0.2) is 34.6 Å². The van der Waals surface area contributed by atoms with E-state index >= 15 is 0 Å². The van der Waals surface area contributed by atoms with Gasteiger partial charge in [0.15, 0.2) is 5.96 Å². The summed E-state index contributed by atoms with van der Waals surface area (Å²) in [4.78, 5) is 20.2. The molecule has 0 aliphatic heterocycles. The van der Waals surface area contributed by atoms with Crippen LogP contribution in [-0.2, 0) is 13.0 Å². The van der Waals surface area contributed by atoms with Crippen molar-refractivity contribution in [1.82, 2.24) is 20.9 Å². The minimum Gasteiger partial charge on any atom is -0.356 e. The second kappa shape index (κ2) is 11.0. The average Bonchev–Trinajstić information content (AvgIpc) is 3.03. The fourth-order valence-electron chi connectivity index (χ4n) is 2.16. The van der Waals surface area contributed by atoms with E-state index in [0.717, 1.165) is 35.2 Å². The van der Waals surface area contributed by atoms with Crippen molar-refractivity contribution in [3.8, 4) is 0 Å². The first-order valence-electron chi connectivity index (χ1n) is 7.79. The van der Waals surface area contributed by atoms with E-state index in [1.165, 1.54) is 0 Å². The fourth-order valence-corrected chi connectivity index (χ4v) is 2.80. The monoisotopic (exact) mass is 473 g/mol. The lowest BCUT2D eigenvalue weighted by molar-refractivity contribution is 0.0963. The molecule has 1 amide bonds. The van der Waals surface area contributed by atoms with Crippen LogP contribution in [0.4, 0.5) is 0 Å². The number of carbonyl (C=O) groups excluding carboxylic acids is 1. The second-order valence-corrected chi connectivity index (χ2v) is 6.30. The van der Waals surface area contributed by atoms with Gasteiger partial charge in [-0.2, -0.15) is 0 Å². The van der Waals surface area contributed by atoms with Gasteiger partial charge in [-0.3, -0.25) is 9.79 Å². The van der Waals surface area contributed by atoms with Crippen LogP contribution in [0.25, 0.3) is 0 Å². The third-order valence-electron chi connectivity index (χ3n) is 3.47. The molecule has 0 unspecified atom stereocenters. The molecule has 0 fully saturated rings. The molecule has 0 aliphatic rings. The highest BCUT2D eigenvalue weighted by Gasteiger charge is 2.03.